The molecule has 0 atom stereocenters. The van der Waals surface area contributed by atoms with Crippen molar-refractivity contribution in [1.29, 1.82) is 0 Å². The van der Waals surface area contributed by atoms with Gasteiger partial charge in [-0.1, -0.05) is 6.92 Å². The van der Waals surface area contributed by atoms with Crippen LogP contribution in [0.15, 0.2) is 15.2 Å². The third-order valence-electron chi connectivity index (χ3n) is 3.07. The van der Waals surface area contributed by atoms with Crippen molar-refractivity contribution in [3.05, 3.63) is 20.8 Å². The summed E-state index contributed by atoms with van der Waals surface area (Å²) in [5, 5.41) is 5.24. The van der Waals surface area contributed by atoms with E-state index >= 15 is 0 Å². The topological polar surface area (TPSA) is 52.7 Å². The molecule has 0 spiro atoms. The Morgan fingerprint density at radius 3 is 2.57 bits per heavy atom. The molecule has 0 amide bonds. The standard InChI is InChI=1S/C13H24BrN3O2S2/c1-4-6-15-7-5-8-16(2)21(18,19)17(3)10-12-9-13(14)20-11-12/h9,11,15H,4-8,10H2,1-3H3. The number of nitrogens with one attached hydrogen (secondary N) is 1. The maximum absolute atomic E-state index is 12.4. The number of thiophene rings is 1. The second kappa shape index (κ2) is 9.22. The summed E-state index contributed by atoms with van der Waals surface area (Å²) in [6.07, 6.45) is 1.90. The van der Waals surface area contributed by atoms with E-state index in [-0.39, 0.29) is 0 Å². The first-order chi connectivity index (χ1) is 9.87. The largest absolute Gasteiger partial charge is 0.317 e. The van der Waals surface area contributed by atoms with Gasteiger partial charge in [0.15, 0.2) is 0 Å². The van der Waals surface area contributed by atoms with Gasteiger partial charge >= 0.3 is 0 Å². The summed E-state index contributed by atoms with van der Waals surface area (Å²) in [5.74, 6) is 0. The molecule has 1 aromatic heterocycles. The molecule has 0 saturated heterocycles. The van der Waals surface area contributed by atoms with Gasteiger partial charge in [-0.2, -0.15) is 17.0 Å². The summed E-state index contributed by atoms with van der Waals surface area (Å²) in [5.41, 5.74) is 0.996. The first-order valence-electron chi connectivity index (χ1n) is 6.99. The van der Waals surface area contributed by atoms with Gasteiger partial charge in [0.25, 0.3) is 10.2 Å². The van der Waals surface area contributed by atoms with E-state index in [1.54, 1.807) is 25.4 Å². The maximum Gasteiger partial charge on any atom is 0.281 e. The Morgan fingerprint density at radius 1 is 1.29 bits per heavy atom. The Kier molecular flexibility index (Phi) is 8.36. The second-order valence-corrected chi connectivity index (χ2v) is 9.38. The minimum atomic E-state index is -3.39. The summed E-state index contributed by atoms with van der Waals surface area (Å²) in [6.45, 7) is 4.85. The molecule has 5 nitrogen and oxygen atoms in total. The molecule has 1 N–H and O–H groups in total. The van der Waals surface area contributed by atoms with Crippen molar-refractivity contribution in [2.45, 2.75) is 26.3 Å². The number of hydrogen-bond acceptors (Lipinski definition) is 4. The van der Waals surface area contributed by atoms with Crippen LogP contribution in [-0.4, -0.2) is 50.8 Å². The van der Waals surface area contributed by atoms with Gasteiger partial charge in [0.1, 0.15) is 0 Å². The summed E-state index contributed by atoms with van der Waals surface area (Å²) in [6, 6.07) is 1.95. The fourth-order valence-electron chi connectivity index (χ4n) is 1.85. The van der Waals surface area contributed by atoms with Gasteiger partial charge in [-0.3, -0.25) is 0 Å². The van der Waals surface area contributed by atoms with Crippen LogP contribution in [0, 0.1) is 0 Å². The van der Waals surface area contributed by atoms with E-state index < -0.39 is 10.2 Å². The van der Waals surface area contributed by atoms with Crippen molar-refractivity contribution in [2.75, 3.05) is 33.7 Å². The normalized spacial score (nSPS) is 12.5. The smallest absolute Gasteiger partial charge is 0.281 e. The van der Waals surface area contributed by atoms with Crippen LogP contribution in [0.25, 0.3) is 0 Å². The minimum Gasteiger partial charge on any atom is -0.317 e. The Bertz CT molecular complexity index is 519. The predicted molar refractivity (Wildman–Crippen MR) is 92.8 cm³/mol. The highest BCUT2D eigenvalue weighted by molar-refractivity contribution is 9.11. The minimum absolute atomic E-state index is 0.392. The van der Waals surface area contributed by atoms with Gasteiger partial charge in [0.2, 0.25) is 0 Å². The molecule has 0 aliphatic rings. The highest BCUT2D eigenvalue weighted by Gasteiger charge is 2.23. The fourth-order valence-corrected chi connectivity index (χ4v) is 4.20. The summed E-state index contributed by atoms with van der Waals surface area (Å²) in [4.78, 5) is 0. The van der Waals surface area contributed by atoms with Crippen LogP contribution in [0.5, 0.6) is 0 Å². The van der Waals surface area contributed by atoms with Crippen LogP contribution < -0.4 is 5.32 Å². The molecule has 8 heteroatoms. The summed E-state index contributed by atoms with van der Waals surface area (Å²) in [7, 11) is -0.141. The number of rotatable bonds is 10. The molecule has 0 aliphatic heterocycles. The van der Waals surface area contributed by atoms with Crippen molar-refractivity contribution < 1.29 is 8.42 Å². The van der Waals surface area contributed by atoms with E-state index in [1.165, 1.54) is 8.61 Å². The van der Waals surface area contributed by atoms with Crippen LogP contribution in [0.1, 0.15) is 25.3 Å². The van der Waals surface area contributed by atoms with Crippen LogP contribution in [-0.2, 0) is 16.8 Å². The fraction of sp³-hybridized carbons (Fsp3) is 0.692. The SMILES string of the molecule is CCCNCCCN(C)S(=O)(=O)N(C)Cc1csc(Br)c1. The lowest BCUT2D eigenvalue weighted by Crippen LogP contribution is -2.40. The van der Waals surface area contributed by atoms with E-state index in [0.717, 1.165) is 35.3 Å². The van der Waals surface area contributed by atoms with Crippen LogP contribution >= 0.6 is 27.3 Å². The van der Waals surface area contributed by atoms with Crippen LogP contribution in [0.3, 0.4) is 0 Å². The highest BCUT2D eigenvalue weighted by Crippen LogP contribution is 2.22. The zero-order valence-electron chi connectivity index (χ0n) is 12.8. The van der Waals surface area contributed by atoms with Crippen molar-refractivity contribution in [2.24, 2.45) is 0 Å². The zero-order chi connectivity index (χ0) is 15.9. The Morgan fingerprint density at radius 2 is 2.00 bits per heavy atom. The van der Waals surface area contributed by atoms with Crippen molar-refractivity contribution >= 4 is 37.5 Å². The lowest BCUT2D eigenvalue weighted by Gasteiger charge is -2.24. The van der Waals surface area contributed by atoms with Gasteiger partial charge < -0.3 is 5.32 Å². The molecule has 0 unspecified atom stereocenters. The Labute approximate surface area is 140 Å². The van der Waals surface area contributed by atoms with E-state index in [2.05, 4.69) is 28.2 Å². The third-order valence-corrected chi connectivity index (χ3v) is 6.51. The molecule has 0 saturated carbocycles. The molecular weight excluding hydrogens is 374 g/mol. The Hall–Kier alpha value is 0.01000. The lowest BCUT2D eigenvalue weighted by molar-refractivity contribution is 0.384. The van der Waals surface area contributed by atoms with E-state index in [9.17, 15) is 8.42 Å². The first-order valence-corrected chi connectivity index (χ1v) is 10.1. The van der Waals surface area contributed by atoms with E-state index in [1.807, 2.05) is 11.4 Å². The molecule has 1 rings (SSSR count). The molecule has 21 heavy (non-hydrogen) atoms. The monoisotopic (exact) mass is 397 g/mol. The van der Waals surface area contributed by atoms with Crippen molar-refractivity contribution in [3.63, 3.8) is 0 Å². The molecule has 1 aromatic rings. The quantitative estimate of drug-likeness (QED) is 0.617. The molecule has 0 bridgehead atoms. The van der Waals surface area contributed by atoms with Crippen molar-refractivity contribution in [3.8, 4) is 0 Å². The third kappa shape index (κ3) is 6.33. The average molecular weight is 398 g/mol. The molecule has 1 heterocycles. The predicted octanol–water partition coefficient (Wildman–Crippen LogP) is 2.51. The lowest BCUT2D eigenvalue weighted by atomic mass is 10.3. The van der Waals surface area contributed by atoms with Crippen LogP contribution in [0.2, 0.25) is 0 Å². The maximum atomic E-state index is 12.4. The van der Waals surface area contributed by atoms with Gasteiger partial charge in [0.05, 0.1) is 3.79 Å². The Balaban J connectivity index is 2.46. The highest BCUT2D eigenvalue weighted by atomic mass is 79.9. The van der Waals surface area contributed by atoms with E-state index in [0.29, 0.717) is 13.1 Å². The molecule has 0 radical (unpaired) electrons. The van der Waals surface area contributed by atoms with Gasteiger partial charge in [0, 0.05) is 27.2 Å². The second-order valence-electron chi connectivity index (χ2n) is 4.95. The number of halogens is 1. The number of nitrogens with zero attached hydrogens (tertiary/aromatic N) is 2. The van der Waals surface area contributed by atoms with E-state index in [4.69, 9.17) is 0 Å². The summed E-state index contributed by atoms with van der Waals surface area (Å²) >= 11 is 4.95. The van der Waals surface area contributed by atoms with Gasteiger partial charge in [-0.25, -0.2) is 0 Å². The molecule has 0 aromatic carbocycles. The van der Waals surface area contributed by atoms with Gasteiger partial charge in [-0.05, 0) is 58.9 Å². The molecule has 0 aliphatic carbocycles. The molecular formula is C13H24BrN3O2S2. The van der Waals surface area contributed by atoms with Crippen molar-refractivity contribution in [1.82, 2.24) is 13.9 Å². The zero-order valence-corrected chi connectivity index (χ0v) is 16.0. The molecule has 122 valence electrons. The molecule has 0 fully saturated rings. The first kappa shape index (κ1) is 19.1. The van der Waals surface area contributed by atoms with Crippen LogP contribution in [0.4, 0.5) is 0 Å². The average Bonchev–Trinajstić information content (AvgIpc) is 2.83. The van der Waals surface area contributed by atoms with Gasteiger partial charge in [-0.15, -0.1) is 11.3 Å². The number of hydrogen-bond donors (Lipinski definition) is 1. The summed E-state index contributed by atoms with van der Waals surface area (Å²) < 4.78 is 28.6.